The lowest BCUT2D eigenvalue weighted by Gasteiger charge is -2.29. The molecule has 1 heterocycles. The predicted octanol–water partition coefficient (Wildman–Crippen LogP) is 4.67. The van der Waals surface area contributed by atoms with E-state index in [0.29, 0.717) is 34.8 Å². The van der Waals surface area contributed by atoms with Gasteiger partial charge in [-0.15, -0.1) is 0 Å². The van der Waals surface area contributed by atoms with Gasteiger partial charge < -0.3 is 4.74 Å². The zero-order valence-corrected chi connectivity index (χ0v) is 22.1. The molecule has 3 aromatic rings. The summed E-state index contributed by atoms with van der Waals surface area (Å²) in [5.41, 5.74) is 1.12. The Kier molecular flexibility index (Phi) is 7.87. The van der Waals surface area contributed by atoms with Crippen molar-refractivity contribution in [3.05, 3.63) is 69.2 Å². The van der Waals surface area contributed by atoms with Crippen molar-refractivity contribution in [2.75, 3.05) is 20.3 Å². The number of halogens is 1. The Morgan fingerprint density at radius 2 is 1.79 bits per heavy atom. The van der Waals surface area contributed by atoms with Crippen molar-refractivity contribution in [2.24, 2.45) is 7.05 Å². The molecule has 0 amide bonds. The number of hydrogen-bond acceptors (Lipinski definition) is 5. The predicted molar refractivity (Wildman–Crippen MR) is 136 cm³/mol. The van der Waals surface area contributed by atoms with Gasteiger partial charge in [-0.2, -0.15) is 4.31 Å². The van der Waals surface area contributed by atoms with Crippen molar-refractivity contribution in [1.29, 1.82) is 0 Å². The van der Waals surface area contributed by atoms with Gasteiger partial charge in [0.1, 0.15) is 5.82 Å². The zero-order chi connectivity index (χ0) is 25.3. The Morgan fingerprint density at radius 3 is 2.38 bits per heavy atom. The molecule has 184 valence electrons. The van der Waals surface area contributed by atoms with Gasteiger partial charge in [0.2, 0.25) is 10.0 Å². The highest BCUT2D eigenvalue weighted by Crippen LogP contribution is 2.29. The Morgan fingerprint density at radius 1 is 1.15 bits per heavy atom. The molecule has 1 atom stereocenters. The monoisotopic (exact) mass is 505 g/mol. The van der Waals surface area contributed by atoms with Gasteiger partial charge in [0.05, 0.1) is 21.8 Å². The summed E-state index contributed by atoms with van der Waals surface area (Å²) in [6.07, 6.45) is 0.494. The van der Waals surface area contributed by atoms with Gasteiger partial charge in [0.15, 0.2) is 0 Å². The Labute approximate surface area is 206 Å². The number of benzene rings is 2. The minimum absolute atomic E-state index is 0.0949. The van der Waals surface area contributed by atoms with Gasteiger partial charge in [-0.05, 0) is 54.7 Å². The number of nitrogens with zero attached hydrogens (tertiary/aromatic N) is 3. The van der Waals surface area contributed by atoms with E-state index >= 15 is 0 Å². The molecule has 0 aliphatic carbocycles. The van der Waals surface area contributed by atoms with Crippen LogP contribution in [0.15, 0.2) is 52.2 Å². The summed E-state index contributed by atoms with van der Waals surface area (Å²) in [6, 6.07) is 11.1. The molecule has 0 aliphatic heterocycles. The minimum atomic E-state index is -3.89. The fourth-order valence-corrected chi connectivity index (χ4v) is 5.71. The van der Waals surface area contributed by atoms with Gasteiger partial charge in [-0.1, -0.05) is 44.5 Å². The topological polar surface area (TPSA) is 81.5 Å². The zero-order valence-electron chi connectivity index (χ0n) is 20.5. The van der Waals surface area contributed by atoms with Crippen LogP contribution in [0, 0.1) is 0 Å². The lowest BCUT2D eigenvalue weighted by atomic mass is 9.87. The molecular formula is C25H32ClN3O4S. The third-order valence-electron chi connectivity index (χ3n) is 5.93. The van der Waals surface area contributed by atoms with Gasteiger partial charge in [-0.25, -0.2) is 13.4 Å². The summed E-state index contributed by atoms with van der Waals surface area (Å²) >= 11 is 6.12. The Bertz CT molecular complexity index is 1330. The van der Waals surface area contributed by atoms with Crippen molar-refractivity contribution in [3.63, 3.8) is 0 Å². The van der Waals surface area contributed by atoms with Crippen molar-refractivity contribution >= 4 is 32.5 Å². The first-order valence-corrected chi connectivity index (χ1v) is 13.0. The summed E-state index contributed by atoms with van der Waals surface area (Å²) in [6.45, 7) is 8.59. The number of fused-ring (bicyclic) bond motifs is 1. The van der Waals surface area contributed by atoms with Crippen molar-refractivity contribution in [1.82, 2.24) is 13.9 Å². The van der Waals surface area contributed by atoms with Crippen LogP contribution >= 0.6 is 11.6 Å². The SMILES string of the molecule is COCCCN(C(C)c1nc2cc(Cl)ccc2c(=O)n1C)S(=O)(=O)c1ccc(C(C)(C)C)cc1. The fourth-order valence-electron chi connectivity index (χ4n) is 3.91. The van der Waals surface area contributed by atoms with E-state index in [1.807, 2.05) is 12.1 Å². The second-order valence-corrected chi connectivity index (χ2v) is 11.7. The fraction of sp³-hybridized carbons (Fsp3) is 0.440. The third kappa shape index (κ3) is 5.35. The molecule has 2 aromatic carbocycles. The van der Waals surface area contributed by atoms with E-state index in [9.17, 15) is 13.2 Å². The van der Waals surface area contributed by atoms with E-state index in [1.54, 1.807) is 51.4 Å². The van der Waals surface area contributed by atoms with Gasteiger partial charge in [-0.3, -0.25) is 9.36 Å². The highest BCUT2D eigenvalue weighted by atomic mass is 35.5. The van der Waals surface area contributed by atoms with Crippen molar-refractivity contribution in [3.8, 4) is 0 Å². The van der Waals surface area contributed by atoms with Crippen LogP contribution in [0.4, 0.5) is 0 Å². The Hall–Kier alpha value is -2.26. The van der Waals surface area contributed by atoms with E-state index in [2.05, 4.69) is 25.8 Å². The number of methoxy groups -OCH3 is 1. The highest BCUT2D eigenvalue weighted by Gasteiger charge is 2.32. The van der Waals surface area contributed by atoms with Crippen LogP contribution in [-0.2, 0) is 27.2 Å². The summed E-state index contributed by atoms with van der Waals surface area (Å²) in [5, 5.41) is 0.879. The standard InChI is InChI=1S/C25H32ClN3O4S/c1-17(23-27-22-16-19(26)10-13-21(22)24(30)28(23)5)29(14-7-15-33-6)34(31,32)20-11-8-18(9-12-20)25(2,3)4/h8-13,16-17H,7,14-15H2,1-6H3. The van der Waals surface area contributed by atoms with Crippen LogP contribution < -0.4 is 5.56 Å². The Balaban J connectivity index is 2.10. The molecule has 3 rings (SSSR count). The molecule has 0 fully saturated rings. The van der Waals surface area contributed by atoms with Crippen LogP contribution in [0.1, 0.15) is 51.5 Å². The molecule has 0 saturated carbocycles. The van der Waals surface area contributed by atoms with E-state index < -0.39 is 16.1 Å². The molecule has 0 saturated heterocycles. The molecule has 1 unspecified atom stereocenters. The minimum Gasteiger partial charge on any atom is -0.385 e. The van der Waals surface area contributed by atoms with E-state index in [4.69, 9.17) is 16.3 Å². The van der Waals surface area contributed by atoms with Crippen molar-refractivity contribution < 1.29 is 13.2 Å². The number of hydrogen-bond donors (Lipinski definition) is 0. The molecule has 1 aromatic heterocycles. The smallest absolute Gasteiger partial charge is 0.261 e. The van der Waals surface area contributed by atoms with Gasteiger partial charge in [0.25, 0.3) is 5.56 Å². The van der Waals surface area contributed by atoms with Crippen LogP contribution in [0.2, 0.25) is 5.02 Å². The molecule has 9 heteroatoms. The second kappa shape index (κ2) is 10.2. The first-order valence-electron chi connectivity index (χ1n) is 11.2. The molecule has 7 nitrogen and oxygen atoms in total. The lowest BCUT2D eigenvalue weighted by molar-refractivity contribution is 0.181. The molecule has 0 spiro atoms. The highest BCUT2D eigenvalue weighted by molar-refractivity contribution is 7.89. The molecule has 34 heavy (non-hydrogen) atoms. The third-order valence-corrected chi connectivity index (χ3v) is 8.15. The largest absolute Gasteiger partial charge is 0.385 e. The van der Waals surface area contributed by atoms with Gasteiger partial charge in [0, 0.05) is 32.3 Å². The number of rotatable bonds is 8. The first-order chi connectivity index (χ1) is 15.9. The van der Waals surface area contributed by atoms with Crippen molar-refractivity contribution in [2.45, 2.75) is 50.5 Å². The molecule has 0 N–H and O–H groups in total. The number of sulfonamides is 1. The normalized spacial score (nSPS) is 13.5. The summed E-state index contributed by atoms with van der Waals surface area (Å²) in [7, 11) is -0.706. The molecule has 0 bridgehead atoms. The summed E-state index contributed by atoms with van der Waals surface area (Å²) < 4.78 is 35.5. The maximum atomic E-state index is 13.8. The molecular weight excluding hydrogens is 474 g/mol. The average molecular weight is 506 g/mol. The van der Waals surface area contributed by atoms with E-state index in [0.717, 1.165) is 5.56 Å². The van der Waals surface area contributed by atoms with E-state index in [-0.39, 0.29) is 22.4 Å². The molecule has 0 aliphatic rings. The van der Waals surface area contributed by atoms with Crippen LogP contribution in [0.25, 0.3) is 10.9 Å². The van der Waals surface area contributed by atoms with Gasteiger partial charge >= 0.3 is 0 Å². The average Bonchev–Trinajstić information content (AvgIpc) is 2.78. The lowest BCUT2D eigenvalue weighted by Crippen LogP contribution is -2.38. The quantitative estimate of drug-likeness (QED) is 0.415. The number of ether oxygens (including phenoxy) is 1. The van der Waals surface area contributed by atoms with E-state index in [1.165, 1.54) is 8.87 Å². The maximum Gasteiger partial charge on any atom is 0.261 e. The van der Waals surface area contributed by atoms with Crippen LogP contribution in [-0.4, -0.2) is 42.5 Å². The van der Waals surface area contributed by atoms with Crippen LogP contribution in [0.3, 0.4) is 0 Å². The molecule has 0 radical (unpaired) electrons. The maximum absolute atomic E-state index is 13.8. The summed E-state index contributed by atoms with van der Waals surface area (Å²) in [4.78, 5) is 17.8. The summed E-state index contributed by atoms with van der Waals surface area (Å²) in [5.74, 6) is 0.340. The second-order valence-electron chi connectivity index (χ2n) is 9.41. The first kappa shape index (κ1) is 26.3. The number of aromatic nitrogens is 2. The van der Waals surface area contributed by atoms with Crippen LogP contribution in [0.5, 0.6) is 0 Å².